The SMILES string of the molecule is C[C@H](OC(=O)c1c(F)cccc1Cl)C(=O)NC(N)=O. The van der Waals surface area contributed by atoms with Crippen molar-refractivity contribution in [1.82, 2.24) is 5.32 Å². The maximum atomic E-state index is 13.4. The van der Waals surface area contributed by atoms with Crippen LogP contribution >= 0.6 is 11.6 Å². The van der Waals surface area contributed by atoms with Gasteiger partial charge >= 0.3 is 12.0 Å². The van der Waals surface area contributed by atoms with E-state index in [1.165, 1.54) is 19.1 Å². The molecule has 0 radical (unpaired) electrons. The van der Waals surface area contributed by atoms with Gasteiger partial charge in [0.1, 0.15) is 11.4 Å². The van der Waals surface area contributed by atoms with Crippen molar-refractivity contribution < 1.29 is 23.5 Å². The average molecular weight is 289 g/mol. The fourth-order valence-electron chi connectivity index (χ4n) is 1.19. The Bertz CT molecular complexity index is 515. The molecule has 0 fully saturated rings. The van der Waals surface area contributed by atoms with Crippen molar-refractivity contribution in [3.05, 3.63) is 34.6 Å². The predicted molar refractivity (Wildman–Crippen MR) is 64.0 cm³/mol. The van der Waals surface area contributed by atoms with E-state index in [9.17, 15) is 18.8 Å². The van der Waals surface area contributed by atoms with Gasteiger partial charge in [0.15, 0.2) is 6.10 Å². The molecule has 0 spiro atoms. The molecule has 0 aromatic heterocycles. The summed E-state index contributed by atoms with van der Waals surface area (Å²) in [6.45, 7) is 1.20. The summed E-state index contributed by atoms with van der Waals surface area (Å²) >= 11 is 5.66. The van der Waals surface area contributed by atoms with Gasteiger partial charge in [-0.15, -0.1) is 0 Å². The zero-order chi connectivity index (χ0) is 14.6. The van der Waals surface area contributed by atoms with Crippen LogP contribution in [-0.4, -0.2) is 24.0 Å². The maximum Gasteiger partial charge on any atom is 0.343 e. The largest absolute Gasteiger partial charge is 0.449 e. The summed E-state index contributed by atoms with van der Waals surface area (Å²) in [7, 11) is 0. The van der Waals surface area contributed by atoms with Crippen LogP contribution in [0.2, 0.25) is 5.02 Å². The van der Waals surface area contributed by atoms with E-state index in [2.05, 4.69) is 4.74 Å². The molecule has 0 aliphatic rings. The molecule has 3 N–H and O–H groups in total. The number of carbonyl (C=O) groups excluding carboxylic acids is 3. The normalized spacial score (nSPS) is 11.5. The third-order valence-corrected chi connectivity index (χ3v) is 2.38. The summed E-state index contributed by atoms with van der Waals surface area (Å²) in [5, 5.41) is 1.58. The van der Waals surface area contributed by atoms with Crippen molar-refractivity contribution in [3.63, 3.8) is 0 Å². The van der Waals surface area contributed by atoms with Gasteiger partial charge in [-0.25, -0.2) is 14.0 Å². The lowest BCUT2D eigenvalue weighted by Crippen LogP contribution is -2.42. The summed E-state index contributed by atoms with van der Waals surface area (Å²) in [5.74, 6) is -2.91. The van der Waals surface area contributed by atoms with Gasteiger partial charge in [-0.05, 0) is 19.1 Å². The lowest BCUT2D eigenvalue weighted by Gasteiger charge is -2.12. The van der Waals surface area contributed by atoms with E-state index in [0.29, 0.717) is 0 Å². The Labute approximate surface area is 112 Å². The first-order valence-corrected chi connectivity index (χ1v) is 5.46. The molecule has 1 aromatic rings. The zero-order valence-electron chi connectivity index (χ0n) is 9.78. The second-order valence-electron chi connectivity index (χ2n) is 3.50. The summed E-state index contributed by atoms with van der Waals surface area (Å²) in [6, 6.07) is 2.56. The van der Waals surface area contributed by atoms with Crippen LogP contribution in [-0.2, 0) is 9.53 Å². The molecule has 8 heteroatoms. The van der Waals surface area contributed by atoms with Crippen LogP contribution in [0.25, 0.3) is 0 Å². The molecular formula is C11H10ClFN2O4. The van der Waals surface area contributed by atoms with Crippen molar-refractivity contribution in [2.75, 3.05) is 0 Å². The number of nitrogens with one attached hydrogen (secondary N) is 1. The van der Waals surface area contributed by atoms with Crippen LogP contribution in [0.15, 0.2) is 18.2 Å². The zero-order valence-corrected chi connectivity index (χ0v) is 10.5. The molecule has 1 atom stereocenters. The van der Waals surface area contributed by atoms with Gasteiger partial charge in [0, 0.05) is 0 Å². The van der Waals surface area contributed by atoms with E-state index in [-0.39, 0.29) is 5.02 Å². The van der Waals surface area contributed by atoms with Crippen molar-refractivity contribution in [1.29, 1.82) is 0 Å². The molecule has 0 saturated carbocycles. The van der Waals surface area contributed by atoms with Gasteiger partial charge in [0.05, 0.1) is 5.02 Å². The number of imide groups is 1. The number of urea groups is 1. The highest BCUT2D eigenvalue weighted by atomic mass is 35.5. The highest BCUT2D eigenvalue weighted by Crippen LogP contribution is 2.20. The molecule has 0 aliphatic carbocycles. The van der Waals surface area contributed by atoms with Gasteiger partial charge in [-0.3, -0.25) is 10.1 Å². The first kappa shape index (κ1) is 14.9. The first-order chi connectivity index (χ1) is 8.82. The van der Waals surface area contributed by atoms with Crippen molar-refractivity contribution >= 4 is 29.5 Å². The van der Waals surface area contributed by atoms with E-state index in [1.807, 2.05) is 0 Å². The average Bonchev–Trinajstić information content (AvgIpc) is 2.27. The number of esters is 1. The van der Waals surface area contributed by atoms with Crippen LogP contribution in [0.4, 0.5) is 9.18 Å². The fourth-order valence-corrected chi connectivity index (χ4v) is 1.43. The number of hydrogen-bond donors (Lipinski definition) is 2. The number of halogens is 2. The molecule has 6 nitrogen and oxygen atoms in total. The number of ether oxygens (including phenoxy) is 1. The van der Waals surface area contributed by atoms with E-state index in [1.54, 1.807) is 5.32 Å². The molecule has 19 heavy (non-hydrogen) atoms. The van der Waals surface area contributed by atoms with E-state index < -0.39 is 35.4 Å². The number of carbonyl (C=O) groups is 3. The Morgan fingerprint density at radius 3 is 2.58 bits per heavy atom. The van der Waals surface area contributed by atoms with Gasteiger partial charge in [0.2, 0.25) is 0 Å². The number of amides is 3. The Morgan fingerprint density at radius 2 is 2.05 bits per heavy atom. The van der Waals surface area contributed by atoms with Gasteiger partial charge in [0.25, 0.3) is 5.91 Å². The molecule has 1 aromatic carbocycles. The molecule has 3 amide bonds. The molecule has 0 bridgehead atoms. The summed E-state index contributed by atoms with van der Waals surface area (Å²) < 4.78 is 18.1. The Hall–Kier alpha value is -2.15. The van der Waals surface area contributed by atoms with Gasteiger partial charge in [-0.1, -0.05) is 17.7 Å². The third kappa shape index (κ3) is 3.92. The quantitative estimate of drug-likeness (QED) is 0.817. The highest BCUT2D eigenvalue weighted by Gasteiger charge is 2.23. The van der Waals surface area contributed by atoms with E-state index >= 15 is 0 Å². The van der Waals surface area contributed by atoms with Crippen LogP contribution < -0.4 is 11.1 Å². The molecule has 0 aliphatic heterocycles. The van der Waals surface area contributed by atoms with Crippen LogP contribution in [0.3, 0.4) is 0 Å². The lowest BCUT2D eigenvalue weighted by atomic mass is 10.2. The van der Waals surface area contributed by atoms with Crippen molar-refractivity contribution in [2.24, 2.45) is 5.73 Å². The first-order valence-electron chi connectivity index (χ1n) is 5.08. The minimum Gasteiger partial charge on any atom is -0.449 e. The topological polar surface area (TPSA) is 98.5 Å². The molecule has 102 valence electrons. The number of rotatable bonds is 3. The monoisotopic (exact) mass is 288 g/mol. The number of primary amides is 1. The lowest BCUT2D eigenvalue weighted by molar-refractivity contribution is -0.127. The van der Waals surface area contributed by atoms with Crippen LogP contribution in [0, 0.1) is 5.82 Å². The molecule has 0 saturated heterocycles. The highest BCUT2D eigenvalue weighted by molar-refractivity contribution is 6.33. The predicted octanol–water partition coefficient (Wildman–Crippen LogP) is 1.22. The number of nitrogens with two attached hydrogens (primary N) is 1. The van der Waals surface area contributed by atoms with Crippen LogP contribution in [0.1, 0.15) is 17.3 Å². The summed E-state index contributed by atoms with van der Waals surface area (Å²) in [6.07, 6.45) is -1.32. The smallest absolute Gasteiger partial charge is 0.343 e. The molecule has 1 rings (SSSR count). The van der Waals surface area contributed by atoms with Gasteiger partial charge in [-0.2, -0.15) is 0 Å². The molecule has 0 heterocycles. The minimum absolute atomic E-state index is 0.146. The second kappa shape index (κ2) is 6.14. The van der Waals surface area contributed by atoms with Crippen molar-refractivity contribution in [2.45, 2.75) is 13.0 Å². The van der Waals surface area contributed by atoms with Gasteiger partial charge < -0.3 is 10.5 Å². The molecular weight excluding hydrogens is 279 g/mol. The van der Waals surface area contributed by atoms with E-state index in [0.717, 1.165) is 6.07 Å². The summed E-state index contributed by atoms with van der Waals surface area (Å²) in [5.41, 5.74) is 4.25. The third-order valence-electron chi connectivity index (χ3n) is 2.07. The second-order valence-corrected chi connectivity index (χ2v) is 3.90. The number of hydrogen-bond acceptors (Lipinski definition) is 4. The molecule has 0 unspecified atom stereocenters. The minimum atomic E-state index is -1.32. The Balaban J connectivity index is 2.80. The van der Waals surface area contributed by atoms with E-state index in [4.69, 9.17) is 17.3 Å². The number of benzene rings is 1. The maximum absolute atomic E-state index is 13.4. The van der Waals surface area contributed by atoms with Crippen LogP contribution in [0.5, 0.6) is 0 Å². The Kier molecular flexibility index (Phi) is 4.82. The fraction of sp³-hybridized carbons (Fsp3) is 0.182. The Morgan fingerprint density at radius 1 is 1.42 bits per heavy atom. The van der Waals surface area contributed by atoms with Crippen molar-refractivity contribution in [3.8, 4) is 0 Å². The summed E-state index contributed by atoms with van der Waals surface area (Å²) in [4.78, 5) is 33.4. The standard InChI is InChI=1S/C11H10ClFN2O4/c1-5(9(16)15-11(14)18)19-10(17)8-6(12)3-2-4-7(8)13/h2-5H,1H3,(H3,14,15,16,18)/t5-/m0/s1.